The molecule has 7 heterocycles. The van der Waals surface area contributed by atoms with Crippen molar-refractivity contribution in [2.45, 2.75) is 123 Å². The van der Waals surface area contributed by atoms with Crippen LogP contribution in [0.3, 0.4) is 0 Å². The average Bonchev–Trinajstić information content (AvgIpc) is 3.83. The number of ether oxygens (including phenoxy) is 3. The Hall–Kier alpha value is -6.21. The molecule has 0 aliphatic carbocycles. The normalized spacial score (nSPS) is 27.0. The van der Waals surface area contributed by atoms with E-state index in [1.54, 1.807) is 62.4 Å². The lowest BCUT2D eigenvalue weighted by Gasteiger charge is -2.36. The highest BCUT2D eigenvalue weighted by atomic mass is 16.7. The number of ketones is 1. The van der Waals surface area contributed by atoms with Gasteiger partial charge < -0.3 is 49.8 Å². The number of piperidine rings is 1. The number of Topliss-reactive ketones (excluding diaryl/α,β-unsaturated/α-hetero) is 1. The van der Waals surface area contributed by atoms with E-state index in [1.807, 2.05) is 12.1 Å². The van der Waals surface area contributed by atoms with Gasteiger partial charge in [-0.25, -0.2) is 0 Å². The summed E-state index contributed by atoms with van der Waals surface area (Å²) in [5.74, 6) is -5.05. The van der Waals surface area contributed by atoms with E-state index in [0.717, 1.165) is 18.7 Å². The first-order valence-electron chi connectivity index (χ1n) is 24.8. The fourth-order valence-electron chi connectivity index (χ4n) is 10.1. The van der Waals surface area contributed by atoms with Crippen molar-refractivity contribution in [2.75, 3.05) is 51.1 Å². The van der Waals surface area contributed by atoms with Crippen LogP contribution < -0.4 is 20.8 Å². The number of fused-ring (bicyclic) bond motifs is 13. The van der Waals surface area contributed by atoms with Crippen LogP contribution >= 0.6 is 0 Å². The zero-order valence-corrected chi connectivity index (χ0v) is 41.5. The topological polar surface area (TPSA) is 236 Å². The molecular formula is C53H67N7O11. The van der Waals surface area contributed by atoms with Crippen molar-refractivity contribution in [2.24, 2.45) is 21.8 Å². The standard InChI is InChI=1S/C53H67N7O11/c1-31(2)29-58-19-15-53(16-20-58)56-44-41-42-47(65)34(5)49-43(41)50(67)52(6,71-49)69-25-8-7-12-37(70-40(64)28-39(63)60-23-21-59(22-24-60)30-35-13-17-54-18-14-35)26-36(61)27-38(62)32(3)10-9-11-33(4)51(68)55-46(48(42)66)45(44)57-53/h8-11,13-14,17-18,25,31-32,36-38,61-62,65-66H,7,12,15-16,19-24,26-30H2,1-6H3,(H,55,68)/b10-9+,25-8+,33-11-/t32?,36?,37-,38-,52+/m1/s1. The van der Waals surface area contributed by atoms with E-state index in [4.69, 9.17) is 24.2 Å². The van der Waals surface area contributed by atoms with Crippen LogP contribution in [0.1, 0.15) is 101 Å². The Morgan fingerprint density at radius 2 is 1.65 bits per heavy atom. The van der Waals surface area contributed by atoms with E-state index in [1.165, 1.54) is 13.2 Å². The molecule has 6 aliphatic rings. The number of amides is 2. The summed E-state index contributed by atoms with van der Waals surface area (Å²) in [5.41, 5.74) is 0.536. The SMILES string of the molecule is C/C1=C/C=C/C(C)[C@H](O)CC(O)C[C@H](OC(=O)CC(=O)N2CCN(Cc3ccncc3)CC2)CC/C=C/O[C@@]2(C)Oc3c(C)c(O)c4c(O)c(c5c(c4c3C2=O)=NC2(CCN(CC(C)C)CC2)N=5)NC1=O. The molecule has 5 N–H and O–H groups in total. The predicted octanol–water partition coefficient (Wildman–Crippen LogP) is 4.50. The number of piperazine rings is 1. The lowest BCUT2D eigenvalue weighted by Crippen LogP contribution is -2.48. The average molecular weight is 978 g/mol. The van der Waals surface area contributed by atoms with Crippen LogP contribution in [-0.2, 0) is 30.4 Å². The number of carbonyl (C=O) groups excluding carboxylic acids is 4. The van der Waals surface area contributed by atoms with E-state index in [-0.39, 0.29) is 87.0 Å². The van der Waals surface area contributed by atoms with Crippen LogP contribution in [0.5, 0.6) is 17.2 Å². The van der Waals surface area contributed by atoms with Gasteiger partial charge in [0.15, 0.2) is 11.4 Å². The van der Waals surface area contributed by atoms with E-state index < -0.39 is 65.5 Å². The minimum absolute atomic E-state index is 0.0349. The fourth-order valence-corrected chi connectivity index (χ4v) is 10.1. The molecule has 5 bridgehead atoms. The number of aliphatic hydroxyl groups is 2. The summed E-state index contributed by atoms with van der Waals surface area (Å²) in [6, 6.07) is 3.91. The van der Waals surface area contributed by atoms with Crippen LogP contribution in [0.4, 0.5) is 5.69 Å². The van der Waals surface area contributed by atoms with E-state index in [0.29, 0.717) is 58.0 Å². The Morgan fingerprint density at radius 1 is 0.944 bits per heavy atom. The van der Waals surface area contributed by atoms with Crippen LogP contribution in [0.15, 0.2) is 70.7 Å². The predicted molar refractivity (Wildman–Crippen MR) is 263 cm³/mol. The number of aromatic nitrogens is 1. The number of allylic oxidation sites excluding steroid dienone is 3. The van der Waals surface area contributed by atoms with Crippen molar-refractivity contribution < 1.29 is 53.8 Å². The molecule has 0 radical (unpaired) electrons. The van der Waals surface area contributed by atoms with Crippen molar-refractivity contribution in [3.05, 3.63) is 88.1 Å². The number of aromatic hydroxyl groups is 2. The zero-order chi connectivity index (χ0) is 50.8. The first kappa shape index (κ1) is 51.2. The molecule has 2 unspecified atom stereocenters. The van der Waals surface area contributed by atoms with Gasteiger partial charge in [0.1, 0.15) is 35.1 Å². The molecule has 5 atom stereocenters. The molecule has 18 nitrogen and oxygen atoms in total. The van der Waals surface area contributed by atoms with Crippen molar-refractivity contribution in [3.63, 3.8) is 0 Å². The maximum atomic E-state index is 14.7. The number of esters is 1. The highest BCUT2D eigenvalue weighted by Gasteiger charge is 2.50. The molecule has 2 amide bonds. The summed E-state index contributed by atoms with van der Waals surface area (Å²) in [4.78, 5) is 75.9. The number of carbonyl (C=O) groups is 4. The molecule has 6 aliphatic heterocycles. The molecule has 0 saturated carbocycles. The Balaban J connectivity index is 1.06. The Morgan fingerprint density at radius 3 is 2.35 bits per heavy atom. The smallest absolute Gasteiger partial charge is 0.315 e. The lowest BCUT2D eigenvalue weighted by molar-refractivity contribution is -0.155. The van der Waals surface area contributed by atoms with Gasteiger partial charge in [0.05, 0.1) is 34.8 Å². The van der Waals surface area contributed by atoms with Gasteiger partial charge in [-0.1, -0.05) is 39.0 Å². The third-order valence-electron chi connectivity index (χ3n) is 14.2. The maximum absolute atomic E-state index is 14.7. The van der Waals surface area contributed by atoms with Crippen molar-refractivity contribution in [1.82, 2.24) is 19.7 Å². The second-order valence-electron chi connectivity index (χ2n) is 20.2. The summed E-state index contributed by atoms with van der Waals surface area (Å²) in [7, 11) is 0. The Kier molecular flexibility index (Phi) is 15.3. The summed E-state index contributed by atoms with van der Waals surface area (Å²) < 4.78 is 18.2. The molecule has 71 heavy (non-hydrogen) atoms. The number of rotatable bonds is 7. The minimum atomic E-state index is -1.93. The number of anilines is 1. The number of nitrogens with zero attached hydrogens (tertiary/aromatic N) is 6. The Bertz CT molecular complexity index is 2760. The van der Waals surface area contributed by atoms with Gasteiger partial charge in [-0.2, -0.15) is 0 Å². The van der Waals surface area contributed by atoms with E-state index >= 15 is 0 Å². The second-order valence-corrected chi connectivity index (χ2v) is 20.2. The number of phenolic OH excluding ortho intramolecular Hbond substituents is 2. The first-order chi connectivity index (χ1) is 33.8. The molecule has 380 valence electrons. The molecule has 1 spiro atoms. The fraction of sp³-hybridized carbons (Fsp3) is 0.528. The number of benzene rings is 2. The summed E-state index contributed by atoms with van der Waals surface area (Å²) >= 11 is 0. The minimum Gasteiger partial charge on any atom is -0.507 e. The van der Waals surface area contributed by atoms with Crippen LogP contribution in [-0.4, -0.2) is 139 Å². The van der Waals surface area contributed by atoms with Gasteiger partial charge in [0.2, 0.25) is 5.91 Å². The summed E-state index contributed by atoms with van der Waals surface area (Å²) in [5, 5.41) is 49.7. The lowest BCUT2D eigenvalue weighted by atomic mass is 9.93. The Labute approximate surface area is 413 Å². The largest absolute Gasteiger partial charge is 0.507 e. The summed E-state index contributed by atoms with van der Waals surface area (Å²) in [6.07, 6.45) is 9.25. The van der Waals surface area contributed by atoms with E-state index in [2.05, 4.69) is 33.9 Å². The number of phenols is 2. The quantitative estimate of drug-likeness (QED) is 0.125. The number of nitrogens with one attached hydrogen (secondary N) is 1. The van der Waals surface area contributed by atoms with Crippen LogP contribution in [0.2, 0.25) is 0 Å². The molecule has 2 fully saturated rings. The van der Waals surface area contributed by atoms with Crippen LogP contribution in [0.25, 0.3) is 10.8 Å². The van der Waals surface area contributed by atoms with Crippen LogP contribution in [0, 0.1) is 18.8 Å². The van der Waals surface area contributed by atoms with Gasteiger partial charge >= 0.3 is 11.8 Å². The van der Waals surface area contributed by atoms with E-state index in [9.17, 15) is 39.6 Å². The second kappa shape index (κ2) is 21.2. The molecule has 9 rings (SSSR count). The van der Waals surface area contributed by atoms with Gasteiger partial charge in [0.25, 0.3) is 11.7 Å². The number of likely N-dealkylation sites (tertiary alicyclic amines) is 1. The monoisotopic (exact) mass is 977 g/mol. The zero-order valence-electron chi connectivity index (χ0n) is 41.5. The molecular weight excluding hydrogens is 911 g/mol. The van der Waals surface area contributed by atoms with Crippen molar-refractivity contribution >= 4 is 40.0 Å². The maximum Gasteiger partial charge on any atom is 0.315 e. The molecule has 3 aromatic rings. The van der Waals surface area contributed by atoms with Crippen molar-refractivity contribution in [3.8, 4) is 17.2 Å². The van der Waals surface area contributed by atoms with Gasteiger partial charge in [-0.15, -0.1) is 0 Å². The third kappa shape index (κ3) is 11.2. The van der Waals surface area contributed by atoms with Crippen molar-refractivity contribution in [1.29, 1.82) is 0 Å². The van der Waals surface area contributed by atoms with Gasteiger partial charge in [0, 0.05) is 113 Å². The number of aliphatic hydroxyl groups excluding tert-OH is 2. The van der Waals surface area contributed by atoms with Gasteiger partial charge in [-0.3, -0.25) is 39.0 Å². The molecule has 18 heteroatoms. The number of hydrogen-bond donors (Lipinski definition) is 5. The number of hydrogen-bond acceptors (Lipinski definition) is 16. The highest BCUT2D eigenvalue weighted by molar-refractivity contribution is 6.19. The molecule has 2 saturated heterocycles. The van der Waals surface area contributed by atoms with Gasteiger partial charge in [-0.05, 0) is 62.8 Å². The number of pyridine rings is 1. The highest BCUT2D eigenvalue weighted by Crippen LogP contribution is 2.50. The third-order valence-corrected chi connectivity index (χ3v) is 14.2. The first-order valence-corrected chi connectivity index (χ1v) is 24.8. The molecule has 1 aromatic heterocycles. The molecule has 2 aromatic carbocycles. The summed E-state index contributed by atoms with van der Waals surface area (Å²) in [6.45, 7) is 15.9.